The lowest BCUT2D eigenvalue weighted by atomic mass is 9.80. The number of carboxylic acids is 1. The third-order valence-electron chi connectivity index (χ3n) is 3.09. The molecule has 1 heterocycles. The van der Waals surface area contributed by atoms with Crippen LogP contribution in [0, 0.1) is 5.41 Å². The molecule has 17 heavy (non-hydrogen) atoms. The minimum atomic E-state index is -0.965. The molecule has 0 bridgehead atoms. The monoisotopic (exact) mass is 241 g/mol. The summed E-state index contributed by atoms with van der Waals surface area (Å²) in [7, 11) is 0. The van der Waals surface area contributed by atoms with E-state index in [9.17, 15) is 14.7 Å². The van der Waals surface area contributed by atoms with Crippen molar-refractivity contribution in [1.29, 1.82) is 0 Å². The molecule has 96 valence electrons. The van der Waals surface area contributed by atoms with Crippen molar-refractivity contribution in [2.45, 2.75) is 19.8 Å². The molecule has 1 N–H and O–H groups in total. The van der Waals surface area contributed by atoms with Crippen LogP contribution < -0.4 is 0 Å². The molecule has 0 aliphatic carbocycles. The van der Waals surface area contributed by atoms with Crippen molar-refractivity contribution in [1.82, 2.24) is 4.90 Å². The van der Waals surface area contributed by atoms with Crippen LogP contribution in [0.3, 0.4) is 0 Å². The highest BCUT2D eigenvalue weighted by molar-refractivity contribution is 5.78. The molecule has 5 heteroatoms. The number of carboxylic acid groups (broad SMARTS) is 1. The summed E-state index contributed by atoms with van der Waals surface area (Å²) in [5.74, 6) is -0.980. The van der Waals surface area contributed by atoms with Gasteiger partial charge in [-0.05, 0) is 12.8 Å². The molecule has 1 saturated heterocycles. The maximum atomic E-state index is 11.4. The fourth-order valence-electron chi connectivity index (χ4n) is 2.09. The summed E-state index contributed by atoms with van der Waals surface area (Å²) in [5.41, 5.74) is -0.965. The lowest BCUT2D eigenvalue weighted by Gasteiger charge is -2.39. The Hall–Kier alpha value is -1.36. The molecule has 0 aromatic carbocycles. The normalized spacial score (nSPS) is 24.4. The average Bonchev–Trinajstić information content (AvgIpc) is 2.29. The molecule has 1 aliphatic heterocycles. The van der Waals surface area contributed by atoms with Gasteiger partial charge in [-0.2, -0.15) is 0 Å². The van der Waals surface area contributed by atoms with Gasteiger partial charge in [0, 0.05) is 20.0 Å². The number of carbonyl (C=O) groups is 2. The van der Waals surface area contributed by atoms with E-state index in [-0.39, 0.29) is 19.1 Å². The fraction of sp³-hybridized carbons (Fsp3) is 0.667. The molecule has 1 rings (SSSR count). The first-order chi connectivity index (χ1) is 8.02. The summed E-state index contributed by atoms with van der Waals surface area (Å²) in [6.45, 7) is 6.29. The molecule has 1 aliphatic rings. The van der Waals surface area contributed by atoms with E-state index in [0.717, 1.165) is 0 Å². The number of carbonyl (C=O) groups excluding carboxylic acids is 1. The summed E-state index contributed by atoms with van der Waals surface area (Å²) in [6.07, 6.45) is 2.83. The third-order valence-corrected chi connectivity index (χ3v) is 3.09. The van der Waals surface area contributed by atoms with Gasteiger partial charge in [-0.1, -0.05) is 6.08 Å². The predicted molar refractivity (Wildman–Crippen MR) is 62.6 cm³/mol. The van der Waals surface area contributed by atoms with Crippen molar-refractivity contribution in [2.75, 3.05) is 26.3 Å². The highest BCUT2D eigenvalue weighted by Gasteiger charge is 2.43. The molecule has 0 aromatic heterocycles. The molecule has 0 saturated carbocycles. The van der Waals surface area contributed by atoms with Crippen LogP contribution in [-0.2, 0) is 14.3 Å². The lowest BCUT2D eigenvalue weighted by molar-refractivity contribution is -0.159. The Labute approximate surface area is 101 Å². The predicted octanol–water partition coefficient (Wildman–Crippen LogP) is 0.902. The summed E-state index contributed by atoms with van der Waals surface area (Å²) in [5, 5.41) is 9.34. The Morgan fingerprint density at radius 3 is 2.82 bits per heavy atom. The molecule has 1 unspecified atom stereocenters. The minimum Gasteiger partial charge on any atom is -0.481 e. The van der Waals surface area contributed by atoms with Crippen molar-refractivity contribution in [2.24, 2.45) is 5.41 Å². The molecule has 1 fully saturated rings. The van der Waals surface area contributed by atoms with Gasteiger partial charge >= 0.3 is 5.97 Å². The van der Waals surface area contributed by atoms with E-state index in [2.05, 4.69) is 6.58 Å². The first kappa shape index (κ1) is 13.7. The minimum absolute atomic E-state index is 0.0842. The van der Waals surface area contributed by atoms with Gasteiger partial charge in [-0.15, -0.1) is 6.58 Å². The number of likely N-dealkylation sites (tertiary alicyclic amines) is 1. The zero-order valence-corrected chi connectivity index (χ0v) is 10.1. The van der Waals surface area contributed by atoms with Crippen LogP contribution in [0.15, 0.2) is 12.7 Å². The molecular weight excluding hydrogens is 222 g/mol. The van der Waals surface area contributed by atoms with Crippen LogP contribution >= 0.6 is 0 Å². The maximum Gasteiger partial charge on any atom is 0.313 e. The smallest absolute Gasteiger partial charge is 0.313 e. The van der Waals surface area contributed by atoms with Crippen LogP contribution in [0.2, 0.25) is 0 Å². The number of nitrogens with zero attached hydrogens (tertiary/aromatic N) is 1. The van der Waals surface area contributed by atoms with Crippen molar-refractivity contribution in [3.63, 3.8) is 0 Å². The fourth-order valence-corrected chi connectivity index (χ4v) is 2.09. The van der Waals surface area contributed by atoms with Gasteiger partial charge < -0.3 is 14.7 Å². The molecule has 0 radical (unpaired) electrons. The standard InChI is InChI=1S/C12H19NO4/c1-3-7-17-9-12(11(15)16)5-4-6-13(8-12)10(2)14/h3H,1,4-9H2,2H3,(H,15,16). The largest absolute Gasteiger partial charge is 0.481 e. The third kappa shape index (κ3) is 3.30. The van der Waals surface area contributed by atoms with Crippen molar-refractivity contribution in [3.8, 4) is 0 Å². The van der Waals surface area contributed by atoms with Crippen LogP contribution in [0.5, 0.6) is 0 Å². The summed E-state index contributed by atoms with van der Waals surface area (Å²) >= 11 is 0. The van der Waals surface area contributed by atoms with Crippen LogP contribution in [0.25, 0.3) is 0 Å². The number of rotatable bonds is 5. The molecule has 1 atom stereocenters. The van der Waals surface area contributed by atoms with E-state index in [0.29, 0.717) is 26.0 Å². The average molecular weight is 241 g/mol. The van der Waals surface area contributed by atoms with E-state index >= 15 is 0 Å². The van der Waals surface area contributed by atoms with Gasteiger partial charge in [0.25, 0.3) is 0 Å². The van der Waals surface area contributed by atoms with Gasteiger partial charge in [0.05, 0.1) is 13.2 Å². The van der Waals surface area contributed by atoms with E-state index in [1.807, 2.05) is 0 Å². The number of aliphatic carboxylic acids is 1. The summed E-state index contributed by atoms with van der Waals surface area (Å²) < 4.78 is 5.28. The lowest BCUT2D eigenvalue weighted by Crippen LogP contribution is -2.51. The second-order valence-corrected chi connectivity index (χ2v) is 4.43. The maximum absolute atomic E-state index is 11.4. The Morgan fingerprint density at radius 1 is 1.59 bits per heavy atom. The van der Waals surface area contributed by atoms with Crippen molar-refractivity contribution >= 4 is 11.9 Å². The quantitative estimate of drug-likeness (QED) is 0.573. The van der Waals surface area contributed by atoms with E-state index in [1.165, 1.54) is 6.92 Å². The zero-order valence-electron chi connectivity index (χ0n) is 10.1. The van der Waals surface area contributed by atoms with E-state index in [4.69, 9.17) is 4.74 Å². The number of hydrogen-bond donors (Lipinski definition) is 1. The highest BCUT2D eigenvalue weighted by atomic mass is 16.5. The summed E-state index contributed by atoms with van der Waals surface area (Å²) in [6, 6.07) is 0. The number of ether oxygens (including phenoxy) is 1. The van der Waals surface area contributed by atoms with Gasteiger partial charge in [-0.3, -0.25) is 9.59 Å². The van der Waals surface area contributed by atoms with Crippen molar-refractivity contribution in [3.05, 3.63) is 12.7 Å². The Balaban J connectivity index is 2.72. The highest BCUT2D eigenvalue weighted by Crippen LogP contribution is 2.31. The second-order valence-electron chi connectivity index (χ2n) is 4.43. The zero-order chi connectivity index (χ0) is 12.9. The summed E-state index contributed by atoms with van der Waals surface area (Å²) in [4.78, 5) is 24.3. The number of amides is 1. The Morgan fingerprint density at radius 2 is 2.29 bits per heavy atom. The van der Waals surface area contributed by atoms with Crippen LogP contribution in [-0.4, -0.2) is 48.2 Å². The van der Waals surface area contributed by atoms with E-state index < -0.39 is 11.4 Å². The molecule has 5 nitrogen and oxygen atoms in total. The van der Waals surface area contributed by atoms with Gasteiger partial charge in [0.15, 0.2) is 0 Å². The number of piperidine rings is 1. The first-order valence-electron chi connectivity index (χ1n) is 5.69. The molecular formula is C12H19NO4. The SMILES string of the molecule is C=CCOCC1(C(=O)O)CCCN(C(C)=O)C1. The van der Waals surface area contributed by atoms with Gasteiger partial charge in [0.2, 0.25) is 5.91 Å². The van der Waals surface area contributed by atoms with Crippen molar-refractivity contribution < 1.29 is 19.4 Å². The van der Waals surface area contributed by atoms with Gasteiger partial charge in [-0.25, -0.2) is 0 Å². The number of hydrogen-bond acceptors (Lipinski definition) is 3. The molecule has 1 amide bonds. The Kier molecular flexibility index (Phi) is 4.69. The van der Waals surface area contributed by atoms with Crippen LogP contribution in [0.1, 0.15) is 19.8 Å². The first-order valence-corrected chi connectivity index (χ1v) is 5.69. The van der Waals surface area contributed by atoms with Crippen LogP contribution in [0.4, 0.5) is 0 Å². The Bertz CT molecular complexity index is 316. The van der Waals surface area contributed by atoms with E-state index in [1.54, 1.807) is 11.0 Å². The van der Waals surface area contributed by atoms with Gasteiger partial charge in [0.1, 0.15) is 5.41 Å². The molecule has 0 aromatic rings. The molecule has 0 spiro atoms. The second kappa shape index (κ2) is 5.82. The topological polar surface area (TPSA) is 66.8 Å².